The summed E-state index contributed by atoms with van der Waals surface area (Å²) in [4.78, 5) is 13.0. The maximum Gasteiger partial charge on any atom is 0.225 e. The van der Waals surface area contributed by atoms with Gasteiger partial charge in [-0.1, -0.05) is 0 Å². The smallest absolute Gasteiger partial charge is 0.225 e. The van der Waals surface area contributed by atoms with Gasteiger partial charge in [0.2, 0.25) is 5.95 Å². The number of nitrogens with one attached hydrogen (secondary N) is 2. The molecule has 1 aliphatic heterocycles. The molecule has 0 saturated carbocycles. The van der Waals surface area contributed by atoms with Crippen LogP contribution in [0.5, 0.6) is 11.5 Å². The van der Waals surface area contributed by atoms with E-state index in [0.29, 0.717) is 31.5 Å². The van der Waals surface area contributed by atoms with E-state index in [1.54, 1.807) is 12.4 Å². The fourth-order valence-electron chi connectivity index (χ4n) is 2.66. The lowest BCUT2D eigenvalue weighted by Crippen LogP contribution is -2.15. The van der Waals surface area contributed by atoms with Gasteiger partial charge >= 0.3 is 0 Å². The summed E-state index contributed by atoms with van der Waals surface area (Å²) in [5, 5.41) is 6.54. The van der Waals surface area contributed by atoms with E-state index in [2.05, 4.69) is 25.6 Å². The maximum atomic E-state index is 5.62. The molecule has 0 spiro atoms. The largest absolute Gasteiger partial charge is 0.486 e. The molecule has 1 aromatic carbocycles. The zero-order chi connectivity index (χ0) is 17.8. The molecule has 1 aliphatic rings. The number of nitrogens with zero attached hydrogens (tertiary/aromatic N) is 3. The first-order valence-electron chi connectivity index (χ1n) is 8.41. The molecule has 0 amide bonds. The SMILES string of the molecule is Cc1cc(Nc2ccc3c(c2)OCCO3)nc(NCc2ccncc2)n1. The van der Waals surface area contributed by atoms with Gasteiger partial charge in [-0.05, 0) is 36.8 Å². The summed E-state index contributed by atoms with van der Waals surface area (Å²) in [5.74, 6) is 2.79. The number of aromatic nitrogens is 3. The van der Waals surface area contributed by atoms with Crippen molar-refractivity contribution in [2.24, 2.45) is 0 Å². The van der Waals surface area contributed by atoms with Gasteiger partial charge in [-0.25, -0.2) is 4.98 Å². The van der Waals surface area contributed by atoms with E-state index >= 15 is 0 Å². The van der Waals surface area contributed by atoms with Crippen LogP contribution in [0.3, 0.4) is 0 Å². The van der Waals surface area contributed by atoms with Crippen molar-refractivity contribution in [1.29, 1.82) is 0 Å². The van der Waals surface area contributed by atoms with Crippen LogP contribution in [0.15, 0.2) is 48.8 Å². The van der Waals surface area contributed by atoms with Crippen molar-refractivity contribution in [1.82, 2.24) is 15.0 Å². The number of hydrogen-bond donors (Lipinski definition) is 2. The molecule has 2 N–H and O–H groups in total. The van der Waals surface area contributed by atoms with Crippen LogP contribution in [0.1, 0.15) is 11.3 Å². The molecule has 132 valence electrons. The summed E-state index contributed by atoms with van der Waals surface area (Å²) in [6.07, 6.45) is 3.53. The molecule has 3 heterocycles. The summed E-state index contributed by atoms with van der Waals surface area (Å²) in [5.41, 5.74) is 2.87. The van der Waals surface area contributed by atoms with Gasteiger partial charge in [-0.2, -0.15) is 4.98 Å². The number of hydrogen-bond acceptors (Lipinski definition) is 7. The fraction of sp³-hybridized carbons (Fsp3) is 0.211. The van der Waals surface area contributed by atoms with Crippen LogP contribution in [-0.4, -0.2) is 28.2 Å². The third-order valence-electron chi connectivity index (χ3n) is 3.87. The zero-order valence-electron chi connectivity index (χ0n) is 14.4. The van der Waals surface area contributed by atoms with E-state index in [1.807, 2.05) is 43.3 Å². The topological polar surface area (TPSA) is 81.2 Å². The number of anilines is 3. The van der Waals surface area contributed by atoms with Crippen molar-refractivity contribution in [3.63, 3.8) is 0 Å². The van der Waals surface area contributed by atoms with Crippen molar-refractivity contribution in [2.75, 3.05) is 23.8 Å². The van der Waals surface area contributed by atoms with E-state index in [9.17, 15) is 0 Å². The van der Waals surface area contributed by atoms with Gasteiger partial charge in [-0.3, -0.25) is 4.98 Å². The summed E-state index contributed by atoms with van der Waals surface area (Å²) < 4.78 is 11.2. The van der Waals surface area contributed by atoms with Crippen LogP contribution in [-0.2, 0) is 6.54 Å². The monoisotopic (exact) mass is 349 g/mol. The number of pyridine rings is 1. The Morgan fingerprint density at radius 3 is 2.62 bits per heavy atom. The Labute approximate surface area is 151 Å². The van der Waals surface area contributed by atoms with E-state index in [-0.39, 0.29) is 0 Å². The van der Waals surface area contributed by atoms with Crippen molar-refractivity contribution in [3.8, 4) is 11.5 Å². The molecule has 0 saturated heterocycles. The number of benzene rings is 1. The summed E-state index contributed by atoms with van der Waals surface area (Å²) >= 11 is 0. The molecule has 7 nitrogen and oxygen atoms in total. The highest BCUT2D eigenvalue weighted by atomic mass is 16.6. The lowest BCUT2D eigenvalue weighted by Gasteiger charge is -2.19. The first kappa shape index (κ1) is 16.1. The molecule has 3 aromatic rings. The summed E-state index contributed by atoms with van der Waals surface area (Å²) in [6, 6.07) is 11.6. The van der Waals surface area contributed by atoms with Crippen LogP contribution < -0.4 is 20.1 Å². The molecule has 7 heteroatoms. The Bertz CT molecular complexity index is 902. The number of ether oxygens (including phenoxy) is 2. The van der Waals surface area contributed by atoms with Gasteiger partial charge in [0, 0.05) is 42.5 Å². The van der Waals surface area contributed by atoms with Crippen LogP contribution in [0.25, 0.3) is 0 Å². The van der Waals surface area contributed by atoms with Gasteiger partial charge in [-0.15, -0.1) is 0 Å². The highest BCUT2D eigenvalue weighted by molar-refractivity contribution is 5.62. The first-order chi connectivity index (χ1) is 12.8. The average molecular weight is 349 g/mol. The van der Waals surface area contributed by atoms with Crippen LogP contribution >= 0.6 is 0 Å². The molecular weight excluding hydrogens is 330 g/mol. The Hall–Kier alpha value is -3.35. The number of fused-ring (bicyclic) bond motifs is 1. The molecular formula is C19H19N5O2. The molecule has 0 bridgehead atoms. The quantitative estimate of drug-likeness (QED) is 0.731. The number of aryl methyl sites for hydroxylation is 1. The predicted molar refractivity (Wildman–Crippen MR) is 99.0 cm³/mol. The Kier molecular flexibility index (Phi) is 4.51. The highest BCUT2D eigenvalue weighted by Crippen LogP contribution is 2.33. The van der Waals surface area contributed by atoms with E-state index in [4.69, 9.17) is 9.47 Å². The second-order valence-corrected chi connectivity index (χ2v) is 5.91. The minimum Gasteiger partial charge on any atom is -0.486 e. The first-order valence-corrected chi connectivity index (χ1v) is 8.41. The van der Waals surface area contributed by atoms with Crippen molar-refractivity contribution in [2.45, 2.75) is 13.5 Å². The second kappa shape index (κ2) is 7.26. The Morgan fingerprint density at radius 1 is 0.962 bits per heavy atom. The highest BCUT2D eigenvalue weighted by Gasteiger charge is 2.12. The average Bonchev–Trinajstić information content (AvgIpc) is 2.67. The number of rotatable bonds is 5. The Balaban J connectivity index is 1.49. The van der Waals surface area contributed by atoms with Crippen molar-refractivity contribution < 1.29 is 9.47 Å². The minimum atomic E-state index is 0.562. The predicted octanol–water partition coefficient (Wildman–Crippen LogP) is 3.31. The third kappa shape index (κ3) is 3.83. The zero-order valence-corrected chi connectivity index (χ0v) is 14.4. The van der Waals surface area contributed by atoms with Gasteiger partial charge in [0.05, 0.1) is 0 Å². The van der Waals surface area contributed by atoms with E-state index in [1.165, 1.54) is 0 Å². The van der Waals surface area contributed by atoms with Gasteiger partial charge in [0.15, 0.2) is 11.5 Å². The third-order valence-corrected chi connectivity index (χ3v) is 3.87. The van der Waals surface area contributed by atoms with Gasteiger partial charge < -0.3 is 20.1 Å². The molecule has 2 aromatic heterocycles. The van der Waals surface area contributed by atoms with Crippen molar-refractivity contribution >= 4 is 17.5 Å². The summed E-state index contributed by atoms with van der Waals surface area (Å²) in [7, 11) is 0. The van der Waals surface area contributed by atoms with Crippen LogP contribution in [0, 0.1) is 6.92 Å². The van der Waals surface area contributed by atoms with Crippen LogP contribution in [0.4, 0.5) is 17.5 Å². The molecule has 0 unspecified atom stereocenters. The van der Waals surface area contributed by atoms with E-state index < -0.39 is 0 Å². The lowest BCUT2D eigenvalue weighted by molar-refractivity contribution is 0.171. The standard InChI is InChI=1S/C19H19N5O2/c1-13-10-18(23-15-2-3-16-17(11-15)26-9-8-25-16)24-19(22-13)21-12-14-4-6-20-7-5-14/h2-7,10-11H,8-9,12H2,1H3,(H2,21,22,23,24). The lowest BCUT2D eigenvalue weighted by atomic mass is 10.2. The van der Waals surface area contributed by atoms with Gasteiger partial charge in [0.1, 0.15) is 19.0 Å². The van der Waals surface area contributed by atoms with Crippen LogP contribution in [0.2, 0.25) is 0 Å². The molecule has 0 radical (unpaired) electrons. The molecule has 0 atom stereocenters. The molecule has 0 aliphatic carbocycles. The maximum absolute atomic E-state index is 5.62. The normalized spacial score (nSPS) is 12.5. The molecule has 26 heavy (non-hydrogen) atoms. The minimum absolute atomic E-state index is 0.562. The second-order valence-electron chi connectivity index (χ2n) is 5.91. The Morgan fingerprint density at radius 2 is 1.77 bits per heavy atom. The summed E-state index contributed by atoms with van der Waals surface area (Å²) in [6.45, 7) is 3.72. The molecule has 4 rings (SSSR count). The van der Waals surface area contributed by atoms with Crippen molar-refractivity contribution in [3.05, 3.63) is 60.0 Å². The van der Waals surface area contributed by atoms with E-state index in [0.717, 1.165) is 28.4 Å². The van der Waals surface area contributed by atoms with Gasteiger partial charge in [0.25, 0.3) is 0 Å². The molecule has 0 fully saturated rings. The fourth-order valence-corrected chi connectivity index (χ4v) is 2.66.